The smallest absolute Gasteiger partial charge is 0.377 e. The van der Waals surface area contributed by atoms with Crippen LogP contribution in [0, 0.1) is 0 Å². The molecule has 0 fully saturated rings. The van der Waals surface area contributed by atoms with E-state index in [9.17, 15) is 13.2 Å². The Labute approximate surface area is 124 Å². The fourth-order valence-electron chi connectivity index (χ4n) is 1.99. The zero-order chi connectivity index (χ0) is 15.7. The summed E-state index contributed by atoms with van der Waals surface area (Å²) in [5.41, 5.74) is 2.23. The van der Waals surface area contributed by atoms with Gasteiger partial charge in [-0.1, -0.05) is 38.1 Å². The first kappa shape index (κ1) is 18.0. The maximum atomic E-state index is 12.0. The third-order valence-corrected chi connectivity index (χ3v) is 3.07. The maximum Gasteiger partial charge on any atom is 0.389 e. The molecule has 21 heavy (non-hydrogen) atoms. The summed E-state index contributed by atoms with van der Waals surface area (Å²) in [4.78, 5) is 0. The third-order valence-electron chi connectivity index (χ3n) is 3.07. The fraction of sp³-hybridized carbons (Fsp3) is 0.625. The molecule has 1 rings (SSSR count). The molecule has 0 aliphatic heterocycles. The van der Waals surface area contributed by atoms with Gasteiger partial charge in [0, 0.05) is 19.1 Å². The van der Waals surface area contributed by atoms with Crippen LogP contribution in [0.4, 0.5) is 13.2 Å². The largest absolute Gasteiger partial charge is 0.389 e. The standard InChI is InChI=1S/C16H24F3NO/c1-13(2)20-10-8-14-6-3-4-7-15(14)12-21-11-5-9-16(17,18)19/h3-4,6-7,13,20H,5,8-12H2,1-2H3. The Bertz CT molecular complexity index is 405. The van der Waals surface area contributed by atoms with Crippen molar-refractivity contribution in [3.05, 3.63) is 35.4 Å². The van der Waals surface area contributed by atoms with Crippen molar-refractivity contribution in [1.82, 2.24) is 5.32 Å². The monoisotopic (exact) mass is 303 g/mol. The first-order chi connectivity index (χ1) is 9.88. The van der Waals surface area contributed by atoms with Crippen molar-refractivity contribution in [2.75, 3.05) is 13.2 Å². The van der Waals surface area contributed by atoms with E-state index in [0.29, 0.717) is 12.6 Å². The second kappa shape index (κ2) is 9.05. The molecule has 0 unspecified atom stereocenters. The number of nitrogens with one attached hydrogen (secondary N) is 1. The molecular weight excluding hydrogens is 279 g/mol. The molecule has 0 aromatic heterocycles. The Morgan fingerprint density at radius 3 is 2.43 bits per heavy atom. The Kier molecular flexibility index (Phi) is 7.75. The number of rotatable bonds is 9. The van der Waals surface area contributed by atoms with Crippen LogP contribution in [-0.4, -0.2) is 25.4 Å². The van der Waals surface area contributed by atoms with Gasteiger partial charge in [-0.15, -0.1) is 0 Å². The molecule has 0 spiro atoms. The van der Waals surface area contributed by atoms with Gasteiger partial charge >= 0.3 is 6.18 Å². The molecule has 1 aromatic carbocycles. The molecule has 0 bridgehead atoms. The molecule has 0 saturated heterocycles. The van der Waals surface area contributed by atoms with Crippen LogP contribution in [0.1, 0.15) is 37.8 Å². The van der Waals surface area contributed by atoms with Gasteiger partial charge in [0.05, 0.1) is 6.61 Å². The Morgan fingerprint density at radius 1 is 1.14 bits per heavy atom. The van der Waals surface area contributed by atoms with E-state index in [1.165, 1.54) is 5.56 Å². The maximum absolute atomic E-state index is 12.0. The van der Waals surface area contributed by atoms with Gasteiger partial charge in [-0.2, -0.15) is 13.2 Å². The normalized spacial score (nSPS) is 12.1. The number of hydrogen-bond donors (Lipinski definition) is 1. The van der Waals surface area contributed by atoms with Gasteiger partial charge in [0.15, 0.2) is 0 Å². The summed E-state index contributed by atoms with van der Waals surface area (Å²) in [5, 5.41) is 3.35. The minimum absolute atomic E-state index is 0.0145. The number of benzene rings is 1. The van der Waals surface area contributed by atoms with Crippen LogP contribution >= 0.6 is 0 Å². The van der Waals surface area contributed by atoms with E-state index in [2.05, 4.69) is 19.2 Å². The number of hydrogen-bond acceptors (Lipinski definition) is 2. The predicted molar refractivity (Wildman–Crippen MR) is 78.2 cm³/mol. The van der Waals surface area contributed by atoms with Gasteiger partial charge in [0.1, 0.15) is 0 Å². The van der Waals surface area contributed by atoms with Crippen molar-refractivity contribution in [3.8, 4) is 0 Å². The SMILES string of the molecule is CC(C)NCCc1ccccc1COCCCC(F)(F)F. The molecule has 0 amide bonds. The summed E-state index contributed by atoms with van der Waals surface area (Å²) in [7, 11) is 0. The van der Waals surface area contributed by atoms with E-state index in [1.807, 2.05) is 24.3 Å². The van der Waals surface area contributed by atoms with Crippen LogP contribution in [0.15, 0.2) is 24.3 Å². The van der Waals surface area contributed by atoms with Crippen molar-refractivity contribution < 1.29 is 17.9 Å². The van der Waals surface area contributed by atoms with Crippen molar-refractivity contribution in [1.29, 1.82) is 0 Å². The van der Waals surface area contributed by atoms with E-state index in [-0.39, 0.29) is 13.0 Å². The van der Waals surface area contributed by atoms with Crippen LogP contribution in [0.2, 0.25) is 0 Å². The molecular formula is C16H24F3NO. The fourth-order valence-corrected chi connectivity index (χ4v) is 1.99. The highest BCUT2D eigenvalue weighted by Gasteiger charge is 2.25. The molecule has 0 saturated carbocycles. The summed E-state index contributed by atoms with van der Waals surface area (Å²) in [5.74, 6) is 0. The van der Waals surface area contributed by atoms with Crippen LogP contribution in [0.5, 0.6) is 0 Å². The van der Waals surface area contributed by atoms with Crippen LogP contribution in [0.3, 0.4) is 0 Å². The third kappa shape index (κ3) is 8.73. The topological polar surface area (TPSA) is 21.3 Å². The summed E-state index contributed by atoms with van der Waals surface area (Å²) in [6, 6.07) is 8.34. The molecule has 0 aliphatic rings. The molecule has 1 aromatic rings. The molecule has 5 heteroatoms. The molecule has 1 N–H and O–H groups in total. The van der Waals surface area contributed by atoms with Crippen molar-refractivity contribution in [2.24, 2.45) is 0 Å². The van der Waals surface area contributed by atoms with Gasteiger partial charge in [0.25, 0.3) is 0 Å². The van der Waals surface area contributed by atoms with Gasteiger partial charge in [0.2, 0.25) is 0 Å². The lowest BCUT2D eigenvalue weighted by Crippen LogP contribution is -2.25. The molecule has 0 heterocycles. The summed E-state index contributed by atoms with van der Waals surface area (Å²) in [6.07, 6.45) is -3.97. The lowest BCUT2D eigenvalue weighted by atomic mass is 10.1. The highest BCUT2D eigenvalue weighted by molar-refractivity contribution is 5.26. The average molecular weight is 303 g/mol. The van der Waals surface area contributed by atoms with E-state index in [0.717, 1.165) is 18.5 Å². The molecule has 2 nitrogen and oxygen atoms in total. The Hall–Kier alpha value is -1.07. The lowest BCUT2D eigenvalue weighted by molar-refractivity contribution is -0.138. The van der Waals surface area contributed by atoms with Crippen molar-refractivity contribution in [3.63, 3.8) is 0 Å². The van der Waals surface area contributed by atoms with Gasteiger partial charge < -0.3 is 10.1 Å². The first-order valence-corrected chi connectivity index (χ1v) is 7.33. The Morgan fingerprint density at radius 2 is 1.81 bits per heavy atom. The van der Waals surface area contributed by atoms with Gasteiger partial charge in [-0.3, -0.25) is 0 Å². The van der Waals surface area contributed by atoms with Crippen molar-refractivity contribution in [2.45, 2.75) is 51.9 Å². The predicted octanol–water partition coefficient (Wildman–Crippen LogP) is 4.09. The highest BCUT2D eigenvalue weighted by Crippen LogP contribution is 2.21. The quantitative estimate of drug-likeness (QED) is 0.694. The second-order valence-corrected chi connectivity index (χ2v) is 5.40. The molecule has 0 atom stereocenters. The van der Waals surface area contributed by atoms with Gasteiger partial charge in [-0.25, -0.2) is 0 Å². The van der Waals surface area contributed by atoms with Crippen LogP contribution in [-0.2, 0) is 17.8 Å². The second-order valence-electron chi connectivity index (χ2n) is 5.40. The Balaban J connectivity index is 2.33. The zero-order valence-corrected chi connectivity index (χ0v) is 12.7. The number of alkyl halides is 3. The number of ether oxygens (including phenoxy) is 1. The molecule has 0 radical (unpaired) electrons. The molecule has 0 aliphatic carbocycles. The van der Waals surface area contributed by atoms with Crippen LogP contribution in [0.25, 0.3) is 0 Å². The molecule has 120 valence electrons. The minimum Gasteiger partial charge on any atom is -0.377 e. The van der Waals surface area contributed by atoms with E-state index in [1.54, 1.807) is 0 Å². The summed E-state index contributed by atoms with van der Waals surface area (Å²) < 4.78 is 41.4. The minimum atomic E-state index is -4.09. The van der Waals surface area contributed by atoms with Crippen molar-refractivity contribution >= 4 is 0 Å². The summed E-state index contributed by atoms with van der Waals surface area (Å²) >= 11 is 0. The van der Waals surface area contributed by atoms with Crippen LogP contribution < -0.4 is 5.32 Å². The van der Waals surface area contributed by atoms with Gasteiger partial charge in [-0.05, 0) is 30.5 Å². The lowest BCUT2D eigenvalue weighted by Gasteiger charge is -2.12. The zero-order valence-electron chi connectivity index (χ0n) is 12.7. The average Bonchev–Trinajstić information content (AvgIpc) is 2.38. The first-order valence-electron chi connectivity index (χ1n) is 7.33. The number of halogens is 3. The van der Waals surface area contributed by atoms with E-state index < -0.39 is 12.6 Å². The van der Waals surface area contributed by atoms with E-state index >= 15 is 0 Å². The van der Waals surface area contributed by atoms with E-state index in [4.69, 9.17) is 4.74 Å². The summed E-state index contributed by atoms with van der Waals surface area (Å²) in [6.45, 7) is 5.57. The highest BCUT2D eigenvalue weighted by atomic mass is 19.4.